The number of carbonyl (C=O) groups is 2. The van der Waals surface area contributed by atoms with Crippen LogP contribution in [0.3, 0.4) is 0 Å². The molecular formula is C12H13ClN2O3. The zero-order valence-corrected chi connectivity index (χ0v) is 10.4. The van der Waals surface area contributed by atoms with E-state index in [9.17, 15) is 9.59 Å². The van der Waals surface area contributed by atoms with E-state index in [1.807, 2.05) is 0 Å². The molecule has 0 radical (unpaired) electrons. The summed E-state index contributed by atoms with van der Waals surface area (Å²) in [5, 5.41) is 5.42. The van der Waals surface area contributed by atoms with Crippen molar-refractivity contribution in [1.82, 2.24) is 0 Å². The van der Waals surface area contributed by atoms with E-state index in [-0.39, 0.29) is 18.4 Å². The van der Waals surface area contributed by atoms with E-state index in [1.54, 1.807) is 18.2 Å². The van der Waals surface area contributed by atoms with E-state index in [0.717, 1.165) is 0 Å². The summed E-state index contributed by atoms with van der Waals surface area (Å²) in [5.41, 5.74) is 1.19. The van der Waals surface area contributed by atoms with Gasteiger partial charge in [-0.2, -0.15) is 0 Å². The molecule has 1 aromatic carbocycles. The Hall–Kier alpha value is -1.75. The summed E-state index contributed by atoms with van der Waals surface area (Å²) >= 11 is 5.52. The van der Waals surface area contributed by atoms with E-state index in [1.165, 1.54) is 0 Å². The Balaban J connectivity index is 2.04. The van der Waals surface area contributed by atoms with E-state index >= 15 is 0 Å². The maximum Gasteiger partial charge on any atom is 0.262 e. The van der Waals surface area contributed by atoms with Gasteiger partial charge in [0.2, 0.25) is 5.91 Å². The number of hydrogen-bond acceptors (Lipinski definition) is 3. The minimum Gasteiger partial charge on any atom is -0.482 e. The highest BCUT2D eigenvalue weighted by Gasteiger charge is 2.16. The van der Waals surface area contributed by atoms with Gasteiger partial charge in [0, 0.05) is 18.0 Å². The monoisotopic (exact) mass is 268 g/mol. The van der Waals surface area contributed by atoms with Crippen molar-refractivity contribution in [3.8, 4) is 5.75 Å². The van der Waals surface area contributed by atoms with Crippen molar-refractivity contribution in [1.29, 1.82) is 0 Å². The van der Waals surface area contributed by atoms with Crippen molar-refractivity contribution >= 4 is 34.8 Å². The van der Waals surface area contributed by atoms with Crippen LogP contribution in [-0.4, -0.2) is 24.3 Å². The average molecular weight is 269 g/mol. The van der Waals surface area contributed by atoms with Gasteiger partial charge in [0.15, 0.2) is 6.61 Å². The lowest BCUT2D eigenvalue weighted by molar-refractivity contribution is -0.118. The van der Waals surface area contributed by atoms with Crippen molar-refractivity contribution < 1.29 is 14.3 Å². The van der Waals surface area contributed by atoms with Crippen LogP contribution in [-0.2, 0) is 9.59 Å². The van der Waals surface area contributed by atoms with Crippen LogP contribution >= 0.6 is 11.6 Å². The van der Waals surface area contributed by atoms with Crippen molar-refractivity contribution in [3.05, 3.63) is 18.2 Å². The number of ether oxygens (including phenoxy) is 1. The lowest BCUT2D eigenvalue weighted by atomic mass is 10.2. The van der Waals surface area contributed by atoms with E-state index in [4.69, 9.17) is 16.3 Å². The molecule has 0 unspecified atom stereocenters. The normalized spacial score (nSPS) is 13.3. The molecule has 0 atom stereocenters. The van der Waals surface area contributed by atoms with Crippen LogP contribution in [0.2, 0.25) is 0 Å². The fourth-order valence-electron chi connectivity index (χ4n) is 1.61. The minimum absolute atomic E-state index is 0.0223. The number of halogens is 1. The molecule has 0 saturated carbocycles. The first-order chi connectivity index (χ1) is 8.69. The molecule has 1 aliphatic heterocycles. The molecule has 0 saturated heterocycles. The van der Waals surface area contributed by atoms with Crippen molar-refractivity contribution in [2.24, 2.45) is 0 Å². The van der Waals surface area contributed by atoms with Gasteiger partial charge in [-0.3, -0.25) is 9.59 Å². The molecule has 0 aromatic heterocycles. The van der Waals surface area contributed by atoms with Gasteiger partial charge in [0.25, 0.3) is 5.91 Å². The highest BCUT2D eigenvalue weighted by atomic mass is 35.5. The van der Waals surface area contributed by atoms with Gasteiger partial charge in [-0.25, -0.2) is 0 Å². The molecule has 0 spiro atoms. The van der Waals surface area contributed by atoms with Gasteiger partial charge in [0.1, 0.15) is 5.75 Å². The molecule has 1 heterocycles. The molecule has 2 amide bonds. The zero-order chi connectivity index (χ0) is 13.0. The van der Waals surface area contributed by atoms with Crippen LogP contribution in [0.25, 0.3) is 0 Å². The van der Waals surface area contributed by atoms with E-state index < -0.39 is 0 Å². The molecule has 96 valence electrons. The Labute approximate surface area is 109 Å². The first-order valence-corrected chi connectivity index (χ1v) is 6.15. The quantitative estimate of drug-likeness (QED) is 0.821. The van der Waals surface area contributed by atoms with E-state index in [2.05, 4.69) is 10.6 Å². The molecule has 5 nitrogen and oxygen atoms in total. The number of benzene rings is 1. The SMILES string of the molecule is O=C(CCCCl)Nc1ccc2c(c1)NC(=O)CO2. The van der Waals surface area contributed by atoms with Crippen LogP contribution in [0.5, 0.6) is 5.75 Å². The Morgan fingerprint density at radius 3 is 3.11 bits per heavy atom. The topological polar surface area (TPSA) is 67.4 Å². The smallest absolute Gasteiger partial charge is 0.262 e. The largest absolute Gasteiger partial charge is 0.482 e. The number of fused-ring (bicyclic) bond motifs is 1. The van der Waals surface area contributed by atoms with Gasteiger partial charge in [0.05, 0.1) is 5.69 Å². The second-order valence-electron chi connectivity index (χ2n) is 3.89. The molecule has 0 bridgehead atoms. The number of rotatable bonds is 4. The molecule has 1 aromatic rings. The first-order valence-electron chi connectivity index (χ1n) is 5.61. The average Bonchev–Trinajstić information content (AvgIpc) is 2.36. The van der Waals surface area contributed by atoms with Crippen molar-refractivity contribution in [2.45, 2.75) is 12.8 Å². The highest BCUT2D eigenvalue weighted by molar-refractivity contribution is 6.18. The molecule has 18 heavy (non-hydrogen) atoms. The summed E-state index contributed by atoms with van der Waals surface area (Å²) in [5.74, 6) is 0.766. The maximum atomic E-state index is 11.5. The third kappa shape index (κ3) is 3.13. The number of carbonyl (C=O) groups excluding carboxylic acids is 2. The van der Waals surface area contributed by atoms with Crippen LogP contribution in [0.1, 0.15) is 12.8 Å². The Morgan fingerprint density at radius 2 is 2.33 bits per heavy atom. The fraction of sp³-hybridized carbons (Fsp3) is 0.333. The summed E-state index contributed by atoms with van der Waals surface area (Å²) in [6.45, 7) is 0.0223. The molecule has 1 aliphatic rings. The van der Waals surface area contributed by atoms with Crippen LogP contribution in [0.4, 0.5) is 11.4 Å². The maximum absolute atomic E-state index is 11.5. The highest BCUT2D eigenvalue weighted by Crippen LogP contribution is 2.30. The summed E-state index contributed by atoms with van der Waals surface area (Å²) < 4.78 is 5.22. The zero-order valence-electron chi connectivity index (χ0n) is 9.66. The Bertz CT molecular complexity index is 476. The summed E-state index contributed by atoms with van der Waals surface area (Å²) in [7, 11) is 0. The minimum atomic E-state index is -0.201. The standard InChI is InChI=1S/C12H13ClN2O3/c13-5-1-2-11(16)14-8-3-4-10-9(6-8)15-12(17)7-18-10/h3-4,6H,1-2,5,7H2,(H,14,16)(H,15,17). The van der Waals surface area contributed by atoms with Gasteiger partial charge in [-0.05, 0) is 24.6 Å². The Morgan fingerprint density at radius 1 is 1.50 bits per heavy atom. The van der Waals surface area contributed by atoms with Crippen LogP contribution < -0.4 is 15.4 Å². The molecule has 2 N–H and O–H groups in total. The lowest BCUT2D eigenvalue weighted by Gasteiger charge is -2.18. The second-order valence-corrected chi connectivity index (χ2v) is 4.27. The number of nitrogens with one attached hydrogen (secondary N) is 2. The lowest BCUT2D eigenvalue weighted by Crippen LogP contribution is -2.25. The van der Waals surface area contributed by atoms with E-state index in [0.29, 0.717) is 35.8 Å². The molecular weight excluding hydrogens is 256 g/mol. The third-order valence-corrected chi connectivity index (χ3v) is 2.70. The summed E-state index contributed by atoms with van der Waals surface area (Å²) in [4.78, 5) is 22.7. The summed E-state index contributed by atoms with van der Waals surface area (Å²) in [6, 6.07) is 5.12. The fourth-order valence-corrected chi connectivity index (χ4v) is 1.75. The Kier molecular flexibility index (Phi) is 4.04. The number of hydrogen-bond donors (Lipinski definition) is 2. The predicted octanol–water partition coefficient (Wildman–Crippen LogP) is 1.97. The van der Waals surface area contributed by atoms with Gasteiger partial charge in [-0.15, -0.1) is 11.6 Å². The number of alkyl halides is 1. The van der Waals surface area contributed by atoms with Crippen molar-refractivity contribution in [2.75, 3.05) is 23.1 Å². The predicted molar refractivity (Wildman–Crippen MR) is 69.2 cm³/mol. The van der Waals surface area contributed by atoms with Crippen molar-refractivity contribution in [3.63, 3.8) is 0 Å². The molecule has 0 aliphatic carbocycles. The van der Waals surface area contributed by atoms with Gasteiger partial charge < -0.3 is 15.4 Å². The van der Waals surface area contributed by atoms with Crippen LogP contribution in [0.15, 0.2) is 18.2 Å². The van der Waals surface area contributed by atoms with Crippen LogP contribution in [0, 0.1) is 0 Å². The number of anilines is 2. The molecule has 0 fully saturated rings. The van der Waals surface area contributed by atoms with Gasteiger partial charge in [-0.1, -0.05) is 0 Å². The summed E-state index contributed by atoms with van der Waals surface area (Å²) in [6.07, 6.45) is 1.02. The molecule has 6 heteroatoms. The third-order valence-electron chi connectivity index (χ3n) is 2.43. The number of amides is 2. The van der Waals surface area contributed by atoms with Gasteiger partial charge >= 0.3 is 0 Å². The first kappa shape index (κ1) is 12.7. The second kappa shape index (κ2) is 5.73. The molecule has 2 rings (SSSR count).